The zero-order valence-electron chi connectivity index (χ0n) is 20.1. The lowest BCUT2D eigenvalue weighted by atomic mass is 9.49. The highest BCUT2D eigenvalue weighted by atomic mass is 16.5. The van der Waals surface area contributed by atoms with Crippen molar-refractivity contribution in [3.63, 3.8) is 0 Å². The summed E-state index contributed by atoms with van der Waals surface area (Å²) in [7, 11) is 6.60. The second-order valence-electron chi connectivity index (χ2n) is 11.8. The molecule has 1 aliphatic heterocycles. The van der Waals surface area contributed by atoms with Crippen LogP contribution in [0, 0.1) is 23.2 Å². The van der Waals surface area contributed by atoms with E-state index in [1.165, 1.54) is 71.0 Å². The molecule has 7 atom stereocenters. The lowest BCUT2D eigenvalue weighted by Gasteiger charge is -2.55. The maximum Gasteiger partial charge on any atom is 0.0851 e. The molecule has 29 heavy (non-hydrogen) atoms. The standard InChI is InChI=1S/C25H47N3O/c1-19-10-11-21-24(3)22(20-18-25(19,21)13-12-23(20,2)29-24)26-14-7-8-16-28(6)17-9-15-27(4)5/h19-22,26H,7-18H2,1-6H3/t19-,20+,21-,22+,23-,24-,25+/m1/s1. The summed E-state index contributed by atoms with van der Waals surface area (Å²) in [6.07, 6.45) is 10.7. The molecule has 0 unspecified atom stereocenters. The lowest BCUT2D eigenvalue weighted by Crippen LogP contribution is -2.62. The molecule has 0 amide bonds. The monoisotopic (exact) mass is 405 g/mol. The van der Waals surface area contributed by atoms with Gasteiger partial charge < -0.3 is 19.9 Å². The highest BCUT2D eigenvalue weighted by Gasteiger charge is 2.73. The molecule has 4 aliphatic rings. The molecule has 0 aromatic rings. The summed E-state index contributed by atoms with van der Waals surface area (Å²) in [6, 6.07) is 0.564. The van der Waals surface area contributed by atoms with Crippen LogP contribution in [0.3, 0.4) is 0 Å². The molecule has 4 fully saturated rings. The van der Waals surface area contributed by atoms with E-state index in [4.69, 9.17) is 4.74 Å². The third-order valence-electron chi connectivity index (χ3n) is 9.68. The number of nitrogens with zero attached hydrogens (tertiary/aromatic N) is 2. The summed E-state index contributed by atoms with van der Waals surface area (Å²) in [5.41, 5.74) is 0.763. The first kappa shape index (κ1) is 22.0. The number of rotatable bonds is 10. The molecule has 3 aliphatic carbocycles. The first-order valence-electron chi connectivity index (χ1n) is 12.5. The van der Waals surface area contributed by atoms with Crippen LogP contribution in [0.1, 0.15) is 72.1 Å². The van der Waals surface area contributed by atoms with E-state index >= 15 is 0 Å². The highest BCUT2D eigenvalue weighted by molar-refractivity contribution is 5.24. The molecule has 1 spiro atoms. The normalized spacial score (nSPS) is 45.5. The maximum absolute atomic E-state index is 7.00. The molecule has 1 N–H and O–H groups in total. The van der Waals surface area contributed by atoms with Gasteiger partial charge in [0.1, 0.15) is 0 Å². The number of hydrogen-bond acceptors (Lipinski definition) is 4. The van der Waals surface area contributed by atoms with Crippen LogP contribution in [0.25, 0.3) is 0 Å². The van der Waals surface area contributed by atoms with Gasteiger partial charge in [0.05, 0.1) is 11.2 Å². The van der Waals surface area contributed by atoms with Gasteiger partial charge in [-0.05, 0) is 130 Å². The van der Waals surface area contributed by atoms with Crippen molar-refractivity contribution in [1.29, 1.82) is 0 Å². The molecular formula is C25H47N3O. The van der Waals surface area contributed by atoms with Crippen molar-refractivity contribution in [2.45, 2.75) is 89.4 Å². The fraction of sp³-hybridized carbons (Fsp3) is 1.00. The van der Waals surface area contributed by atoms with E-state index in [-0.39, 0.29) is 11.2 Å². The molecule has 1 saturated heterocycles. The van der Waals surface area contributed by atoms with Crippen LogP contribution in [0.5, 0.6) is 0 Å². The van der Waals surface area contributed by atoms with Crippen LogP contribution in [-0.4, -0.2) is 74.4 Å². The molecule has 3 saturated carbocycles. The Morgan fingerprint density at radius 1 is 0.966 bits per heavy atom. The molecule has 0 aromatic heterocycles. The summed E-state index contributed by atoms with van der Waals surface area (Å²) in [5.74, 6) is 2.38. The van der Waals surface area contributed by atoms with Crippen LogP contribution in [0.2, 0.25) is 0 Å². The van der Waals surface area contributed by atoms with E-state index in [0.717, 1.165) is 18.4 Å². The van der Waals surface area contributed by atoms with Gasteiger partial charge >= 0.3 is 0 Å². The van der Waals surface area contributed by atoms with Gasteiger partial charge in [0, 0.05) is 12.0 Å². The van der Waals surface area contributed by atoms with Crippen molar-refractivity contribution in [3.8, 4) is 0 Å². The smallest absolute Gasteiger partial charge is 0.0851 e. The first-order valence-corrected chi connectivity index (χ1v) is 12.5. The number of nitrogens with one attached hydrogen (secondary N) is 1. The van der Waals surface area contributed by atoms with Gasteiger partial charge in [0.2, 0.25) is 0 Å². The minimum absolute atomic E-state index is 0.0574. The summed E-state index contributed by atoms with van der Waals surface area (Å²) >= 11 is 0. The fourth-order valence-corrected chi connectivity index (χ4v) is 8.08. The van der Waals surface area contributed by atoms with Crippen LogP contribution in [0.4, 0.5) is 0 Å². The predicted octanol–water partition coefficient (Wildman–Crippen LogP) is 4.00. The van der Waals surface area contributed by atoms with Gasteiger partial charge in [-0.15, -0.1) is 0 Å². The summed E-state index contributed by atoms with van der Waals surface area (Å²) in [6.45, 7) is 12.2. The van der Waals surface area contributed by atoms with E-state index in [1.807, 2.05) is 0 Å². The second kappa shape index (κ2) is 8.07. The highest BCUT2D eigenvalue weighted by Crippen LogP contribution is 2.72. The molecule has 4 heteroatoms. The van der Waals surface area contributed by atoms with Crippen LogP contribution >= 0.6 is 0 Å². The van der Waals surface area contributed by atoms with Crippen molar-refractivity contribution in [2.24, 2.45) is 23.2 Å². The van der Waals surface area contributed by atoms with Crippen molar-refractivity contribution in [2.75, 3.05) is 47.3 Å². The molecule has 168 valence electrons. The molecular weight excluding hydrogens is 358 g/mol. The van der Waals surface area contributed by atoms with Crippen LogP contribution in [0.15, 0.2) is 0 Å². The quantitative estimate of drug-likeness (QED) is 0.556. The van der Waals surface area contributed by atoms with Crippen LogP contribution < -0.4 is 5.32 Å². The van der Waals surface area contributed by atoms with E-state index in [0.29, 0.717) is 17.4 Å². The third kappa shape index (κ3) is 3.70. The van der Waals surface area contributed by atoms with E-state index < -0.39 is 0 Å². The predicted molar refractivity (Wildman–Crippen MR) is 121 cm³/mol. The first-order chi connectivity index (χ1) is 13.7. The minimum atomic E-state index is 0.0574. The van der Waals surface area contributed by atoms with Crippen LogP contribution in [-0.2, 0) is 4.74 Å². The van der Waals surface area contributed by atoms with Gasteiger partial charge in [-0.3, -0.25) is 0 Å². The molecule has 4 nitrogen and oxygen atoms in total. The Kier molecular flexibility index (Phi) is 6.14. The minimum Gasteiger partial charge on any atom is -0.367 e. The molecule has 0 aromatic carbocycles. The van der Waals surface area contributed by atoms with Crippen molar-refractivity contribution >= 4 is 0 Å². The largest absolute Gasteiger partial charge is 0.367 e. The third-order valence-corrected chi connectivity index (χ3v) is 9.68. The zero-order chi connectivity index (χ0) is 20.9. The lowest BCUT2D eigenvalue weighted by molar-refractivity contribution is -0.115. The van der Waals surface area contributed by atoms with E-state index in [2.05, 4.69) is 57.0 Å². The molecule has 4 rings (SSSR count). The van der Waals surface area contributed by atoms with Gasteiger partial charge in [-0.2, -0.15) is 0 Å². The Bertz CT molecular complexity index is 582. The number of hydrogen-bond donors (Lipinski definition) is 1. The van der Waals surface area contributed by atoms with Crippen molar-refractivity contribution in [1.82, 2.24) is 15.1 Å². The molecule has 0 radical (unpaired) electrons. The fourth-order valence-electron chi connectivity index (χ4n) is 8.08. The molecule has 1 heterocycles. The van der Waals surface area contributed by atoms with E-state index in [1.54, 1.807) is 0 Å². The Morgan fingerprint density at radius 2 is 1.72 bits per heavy atom. The van der Waals surface area contributed by atoms with Gasteiger partial charge in [-0.25, -0.2) is 0 Å². The number of unbranched alkanes of at least 4 members (excludes halogenated alkanes) is 1. The van der Waals surface area contributed by atoms with Gasteiger partial charge in [0.25, 0.3) is 0 Å². The van der Waals surface area contributed by atoms with E-state index in [9.17, 15) is 0 Å². The van der Waals surface area contributed by atoms with Crippen molar-refractivity contribution in [3.05, 3.63) is 0 Å². The van der Waals surface area contributed by atoms with Gasteiger partial charge in [-0.1, -0.05) is 6.92 Å². The van der Waals surface area contributed by atoms with Gasteiger partial charge in [0.15, 0.2) is 0 Å². The average Bonchev–Trinajstić information content (AvgIpc) is 3.02. The number of fused-ring (bicyclic) bond motifs is 2. The van der Waals surface area contributed by atoms with Crippen molar-refractivity contribution < 1.29 is 4.74 Å². The topological polar surface area (TPSA) is 27.7 Å². The maximum atomic E-state index is 7.00. The zero-order valence-corrected chi connectivity index (χ0v) is 20.1. The summed E-state index contributed by atoms with van der Waals surface area (Å²) < 4.78 is 7.00. The Labute approximate surface area is 180 Å². The molecule has 3 bridgehead atoms. The Morgan fingerprint density at radius 3 is 2.48 bits per heavy atom. The summed E-state index contributed by atoms with van der Waals surface area (Å²) in [5, 5.41) is 4.04. The second-order valence-corrected chi connectivity index (χ2v) is 11.8. The number of ether oxygens (including phenoxy) is 1. The summed E-state index contributed by atoms with van der Waals surface area (Å²) in [4.78, 5) is 4.78. The Hall–Kier alpha value is -0.160. The average molecular weight is 406 g/mol. The SMILES string of the molecule is C[C@@H]1CC[C@H]2[C@]13CC[C@@]1(C)O[C@@]2(C)[C@@H](NCCCCN(C)CCCN(C)C)[C@@H]1C3. The Balaban J connectivity index is 1.28.